The number of benzene rings is 7. The quantitative estimate of drug-likeness (QED) is 0.118. The van der Waals surface area contributed by atoms with E-state index in [-0.39, 0.29) is 27.8 Å². The van der Waals surface area contributed by atoms with Crippen LogP contribution in [0.5, 0.6) is 0 Å². The van der Waals surface area contributed by atoms with Crippen molar-refractivity contribution in [2.24, 2.45) is 0 Å². The summed E-state index contributed by atoms with van der Waals surface area (Å²) in [5.41, 5.74) is 1.06. The first-order chi connectivity index (χ1) is 23.8. The number of halogens is 6. The summed E-state index contributed by atoms with van der Waals surface area (Å²) in [7, 11) is 0. The Hall–Kier alpha value is -5.88. The van der Waals surface area contributed by atoms with Gasteiger partial charge in [-0.25, -0.2) is 26.3 Å². The van der Waals surface area contributed by atoms with Crippen molar-refractivity contribution in [2.75, 3.05) is 0 Å². The third-order valence-electron chi connectivity index (χ3n) is 8.90. The van der Waals surface area contributed by atoms with Crippen molar-refractivity contribution < 1.29 is 26.3 Å². The molecule has 0 aromatic heterocycles. The van der Waals surface area contributed by atoms with Crippen LogP contribution in [-0.4, -0.2) is 0 Å². The summed E-state index contributed by atoms with van der Waals surface area (Å²) in [6.45, 7) is 0. The summed E-state index contributed by atoms with van der Waals surface area (Å²) in [5, 5.41) is 0. The van der Waals surface area contributed by atoms with Crippen LogP contribution in [0.1, 0.15) is 22.3 Å². The molecular weight excluding hydrogens is 630 g/mol. The highest BCUT2D eigenvalue weighted by Crippen LogP contribution is 2.48. The van der Waals surface area contributed by atoms with E-state index in [0.29, 0.717) is 16.7 Å². The lowest BCUT2D eigenvalue weighted by Crippen LogP contribution is -2.33. The molecule has 0 aliphatic rings. The van der Waals surface area contributed by atoms with E-state index in [1.165, 1.54) is 42.5 Å². The molecule has 7 aromatic carbocycles. The van der Waals surface area contributed by atoms with Crippen molar-refractivity contribution in [2.45, 2.75) is 5.41 Å². The second-order valence-electron chi connectivity index (χ2n) is 11.6. The molecule has 0 fully saturated rings. The summed E-state index contributed by atoms with van der Waals surface area (Å²) in [6.07, 6.45) is 0. The van der Waals surface area contributed by atoms with Gasteiger partial charge in [0.05, 0.1) is 16.5 Å². The minimum absolute atomic E-state index is 0.229. The summed E-state index contributed by atoms with van der Waals surface area (Å²) in [6, 6.07) is 40.0. The minimum Gasteiger partial charge on any atom is -0.207 e. The highest BCUT2D eigenvalue weighted by atomic mass is 19.2. The lowest BCUT2D eigenvalue weighted by molar-refractivity contribution is 0.523. The molecule has 0 spiro atoms. The molecule has 0 aliphatic heterocycles. The Bertz CT molecular complexity index is 2100. The Kier molecular flexibility index (Phi) is 8.39. The fraction of sp³-hybridized carbons (Fsp3) is 0.0233. The van der Waals surface area contributed by atoms with Gasteiger partial charge in [0.25, 0.3) is 0 Å². The molecular formula is C43H26F6. The van der Waals surface area contributed by atoms with Gasteiger partial charge in [-0.05, 0) is 75.3 Å². The van der Waals surface area contributed by atoms with Gasteiger partial charge in [0.2, 0.25) is 0 Å². The standard InChI is InChI=1S/C43H26F6/c44-34-9-4-10-35(45)40(34)29-17-23-32(24-18-29)43(42-38(48)13-6-14-39(42)49,31-21-15-28(16-22-31)27-7-2-1-3-8-27)33-25-19-30(20-26-33)41-36(46)11-5-12-37(41)47/h1-26H. The Morgan fingerprint density at radius 1 is 0.265 bits per heavy atom. The predicted octanol–water partition coefficient (Wildman–Crippen LogP) is 11.9. The van der Waals surface area contributed by atoms with E-state index in [1.54, 1.807) is 36.4 Å². The van der Waals surface area contributed by atoms with Crippen LogP contribution >= 0.6 is 0 Å². The fourth-order valence-electron chi connectivity index (χ4n) is 6.65. The molecule has 0 atom stereocenters. The molecule has 240 valence electrons. The average molecular weight is 657 g/mol. The number of hydrogen-bond acceptors (Lipinski definition) is 0. The molecule has 0 radical (unpaired) electrons. The van der Waals surface area contributed by atoms with Crippen molar-refractivity contribution in [3.8, 4) is 33.4 Å². The third kappa shape index (κ3) is 5.59. The summed E-state index contributed by atoms with van der Waals surface area (Å²) < 4.78 is 91.6. The van der Waals surface area contributed by atoms with Gasteiger partial charge in [-0.3, -0.25) is 0 Å². The molecule has 49 heavy (non-hydrogen) atoms. The average Bonchev–Trinajstić information content (AvgIpc) is 3.11. The molecule has 0 aliphatic carbocycles. The number of hydrogen-bond donors (Lipinski definition) is 0. The Labute approximate surface area is 279 Å². The second-order valence-corrected chi connectivity index (χ2v) is 11.6. The lowest BCUT2D eigenvalue weighted by atomic mass is 9.64. The van der Waals surface area contributed by atoms with E-state index >= 15 is 8.78 Å². The monoisotopic (exact) mass is 656 g/mol. The van der Waals surface area contributed by atoms with Gasteiger partial charge in [0.1, 0.15) is 34.9 Å². The summed E-state index contributed by atoms with van der Waals surface area (Å²) in [5.74, 6) is -4.70. The van der Waals surface area contributed by atoms with Crippen molar-refractivity contribution in [1.82, 2.24) is 0 Å². The molecule has 0 nitrogen and oxygen atoms in total. The molecule has 0 heterocycles. The Morgan fingerprint density at radius 2 is 0.571 bits per heavy atom. The summed E-state index contributed by atoms with van der Waals surface area (Å²) in [4.78, 5) is 0. The maximum Gasteiger partial charge on any atom is 0.133 e. The first-order valence-electron chi connectivity index (χ1n) is 15.5. The molecule has 0 saturated heterocycles. The van der Waals surface area contributed by atoms with Gasteiger partial charge < -0.3 is 0 Å². The molecule has 7 rings (SSSR count). The van der Waals surface area contributed by atoms with Gasteiger partial charge in [-0.15, -0.1) is 0 Å². The lowest BCUT2D eigenvalue weighted by Gasteiger charge is -2.37. The van der Waals surface area contributed by atoms with Crippen molar-refractivity contribution >= 4 is 0 Å². The van der Waals surface area contributed by atoms with Crippen LogP contribution in [0.3, 0.4) is 0 Å². The maximum atomic E-state index is 16.2. The van der Waals surface area contributed by atoms with E-state index in [2.05, 4.69) is 0 Å². The van der Waals surface area contributed by atoms with E-state index < -0.39 is 40.3 Å². The topological polar surface area (TPSA) is 0 Å². The Balaban J connectivity index is 1.51. The molecule has 7 aromatic rings. The molecule has 0 unspecified atom stereocenters. The van der Waals surface area contributed by atoms with E-state index in [9.17, 15) is 17.6 Å². The molecule has 0 bridgehead atoms. The molecule has 6 heteroatoms. The van der Waals surface area contributed by atoms with Crippen LogP contribution in [0, 0.1) is 34.9 Å². The highest BCUT2D eigenvalue weighted by Gasteiger charge is 2.43. The van der Waals surface area contributed by atoms with Crippen molar-refractivity contribution in [3.05, 3.63) is 215 Å². The van der Waals surface area contributed by atoms with E-state index in [1.807, 2.05) is 42.5 Å². The predicted molar refractivity (Wildman–Crippen MR) is 181 cm³/mol. The third-order valence-corrected chi connectivity index (χ3v) is 8.90. The van der Waals surface area contributed by atoms with Crippen LogP contribution < -0.4 is 0 Å². The zero-order valence-corrected chi connectivity index (χ0v) is 25.8. The highest BCUT2D eigenvalue weighted by molar-refractivity contribution is 5.71. The van der Waals surface area contributed by atoms with Gasteiger partial charge in [0, 0.05) is 5.56 Å². The van der Waals surface area contributed by atoms with E-state index in [0.717, 1.165) is 47.5 Å². The van der Waals surface area contributed by atoms with Gasteiger partial charge >= 0.3 is 0 Å². The van der Waals surface area contributed by atoms with Crippen LogP contribution in [0.4, 0.5) is 26.3 Å². The Morgan fingerprint density at radius 3 is 0.939 bits per heavy atom. The first kappa shape index (κ1) is 31.7. The van der Waals surface area contributed by atoms with Crippen LogP contribution in [0.15, 0.2) is 158 Å². The normalized spacial score (nSPS) is 11.5. The zero-order valence-electron chi connectivity index (χ0n) is 25.8. The molecule has 0 saturated carbocycles. The zero-order chi connectivity index (χ0) is 34.1. The van der Waals surface area contributed by atoms with Crippen LogP contribution in [-0.2, 0) is 5.41 Å². The van der Waals surface area contributed by atoms with Gasteiger partial charge in [0.15, 0.2) is 0 Å². The van der Waals surface area contributed by atoms with Gasteiger partial charge in [-0.1, -0.05) is 121 Å². The fourth-order valence-corrected chi connectivity index (χ4v) is 6.65. The van der Waals surface area contributed by atoms with Crippen molar-refractivity contribution in [3.63, 3.8) is 0 Å². The molecule has 0 N–H and O–H groups in total. The number of rotatable bonds is 7. The summed E-state index contributed by atoms with van der Waals surface area (Å²) >= 11 is 0. The van der Waals surface area contributed by atoms with Crippen LogP contribution in [0.25, 0.3) is 33.4 Å². The second kappa shape index (κ2) is 13.0. The first-order valence-corrected chi connectivity index (χ1v) is 15.5. The largest absolute Gasteiger partial charge is 0.207 e. The van der Waals surface area contributed by atoms with Gasteiger partial charge in [-0.2, -0.15) is 0 Å². The minimum atomic E-state index is -1.68. The SMILES string of the molecule is Fc1cccc(F)c1-c1ccc(C(c2ccc(-c3ccccc3)cc2)(c2ccc(-c3c(F)cccc3F)cc2)c2c(F)cccc2F)cc1. The van der Waals surface area contributed by atoms with Crippen molar-refractivity contribution in [1.29, 1.82) is 0 Å². The smallest absolute Gasteiger partial charge is 0.133 e. The van der Waals surface area contributed by atoms with E-state index in [4.69, 9.17) is 0 Å². The van der Waals surface area contributed by atoms with Crippen LogP contribution in [0.2, 0.25) is 0 Å². The maximum absolute atomic E-state index is 16.2. The molecule has 0 amide bonds.